The highest BCUT2D eigenvalue weighted by atomic mass is 19.4. The van der Waals surface area contributed by atoms with E-state index in [0.29, 0.717) is 49.6 Å². The van der Waals surface area contributed by atoms with Crippen LogP contribution in [0.25, 0.3) is 22.6 Å². The van der Waals surface area contributed by atoms with Crippen molar-refractivity contribution in [2.75, 3.05) is 6.54 Å². The van der Waals surface area contributed by atoms with Gasteiger partial charge in [0.15, 0.2) is 5.65 Å². The van der Waals surface area contributed by atoms with Gasteiger partial charge in [0, 0.05) is 51.3 Å². The number of fused-ring (bicyclic) bond motifs is 1. The molecule has 4 aromatic rings. The van der Waals surface area contributed by atoms with Crippen molar-refractivity contribution in [3.05, 3.63) is 68.6 Å². The Morgan fingerprint density at radius 2 is 1.92 bits per heavy atom. The second-order valence-corrected chi connectivity index (χ2v) is 9.76. The van der Waals surface area contributed by atoms with Crippen molar-refractivity contribution in [3.8, 4) is 11.4 Å². The summed E-state index contributed by atoms with van der Waals surface area (Å²) in [4.78, 5) is 47.4. The van der Waals surface area contributed by atoms with Gasteiger partial charge < -0.3 is 9.88 Å². The van der Waals surface area contributed by atoms with Gasteiger partial charge in [0.05, 0.1) is 17.3 Å². The van der Waals surface area contributed by atoms with Crippen molar-refractivity contribution >= 4 is 17.1 Å². The second kappa shape index (κ2) is 10.2. The molecule has 1 aliphatic heterocycles. The highest BCUT2D eigenvalue weighted by Crippen LogP contribution is 2.30. The normalized spacial score (nSPS) is 16.1. The number of H-pyrrole nitrogens is 1. The number of nitrogens with one attached hydrogen (secondary N) is 1. The summed E-state index contributed by atoms with van der Waals surface area (Å²) in [5.74, 6) is 0.207. The Balaban J connectivity index is 1.32. The summed E-state index contributed by atoms with van der Waals surface area (Å²) < 4.78 is 43.5. The molecule has 0 spiro atoms. The van der Waals surface area contributed by atoms with Crippen LogP contribution >= 0.6 is 0 Å². The van der Waals surface area contributed by atoms with Crippen molar-refractivity contribution in [2.24, 2.45) is 5.92 Å². The van der Waals surface area contributed by atoms with Crippen molar-refractivity contribution in [1.29, 1.82) is 0 Å². The molecule has 1 saturated heterocycles. The number of carbonyl (C=O) groups excluding carboxylic acids is 1. The number of aromatic nitrogens is 6. The van der Waals surface area contributed by atoms with E-state index in [9.17, 15) is 27.6 Å². The third-order valence-electron chi connectivity index (χ3n) is 6.90. The van der Waals surface area contributed by atoms with E-state index in [1.54, 1.807) is 28.0 Å². The van der Waals surface area contributed by atoms with Crippen LogP contribution in [0.3, 0.4) is 0 Å². The first-order valence-electron chi connectivity index (χ1n) is 12.8. The molecule has 1 amide bonds. The van der Waals surface area contributed by atoms with Gasteiger partial charge >= 0.3 is 11.9 Å². The number of amides is 1. The molecular weight excluding hydrogens is 515 g/mol. The lowest BCUT2D eigenvalue weighted by molar-refractivity contribution is -0.137. The number of carbonyl (C=O) groups is 1. The maximum absolute atomic E-state index is 13.0. The lowest BCUT2D eigenvalue weighted by Crippen LogP contribution is -2.39. The zero-order valence-corrected chi connectivity index (χ0v) is 21.5. The summed E-state index contributed by atoms with van der Waals surface area (Å²) in [6.45, 7) is 5.30. The number of rotatable bonds is 8. The molecule has 1 N–H and O–H groups in total. The second-order valence-electron chi connectivity index (χ2n) is 9.76. The topological polar surface area (TPSA) is 111 Å². The summed E-state index contributed by atoms with van der Waals surface area (Å²) in [7, 11) is 0. The summed E-state index contributed by atoms with van der Waals surface area (Å²) >= 11 is 0. The fraction of sp³-hybridized carbons (Fsp3) is 0.423. The van der Waals surface area contributed by atoms with Crippen LogP contribution in [0.15, 0.2) is 46.2 Å². The Morgan fingerprint density at radius 1 is 1.13 bits per heavy atom. The first-order valence-corrected chi connectivity index (χ1v) is 12.8. The Labute approximate surface area is 220 Å². The summed E-state index contributed by atoms with van der Waals surface area (Å²) in [6, 6.07) is 5.01. The highest BCUT2D eigenvalue weighted by Gasteiger charge is 2.32. The van der Waals surface area contributed by atoms with Crippen LogP contribution in [-0.4, -0.2) is 46.2 Å². The molecule has 1 fully saturated rings. The largest absolute Gasteiger partial charge is 0.416 e. The van der Waals surface area contributed by atoms with Crippen LogP contribution in [0, 0.1) is 5.92 Å². The number of hydrogen-bond acceptors (Lipinski definition) is 5. The van der Waals surface area contributed by atoms with Crippen LogP contribution in [0.1, 0.15) is 37.8 Å². The molecule has 1 aromatic carbocycles. The molecule has 1 unspecified atom stereocenters. The molecule has 206 valence electrons. The Bertz CT molecular complexity index is 1650. The van der Waals surface area contributed by atoms with Gasteiger partial charge in [-0.3, -0.25) is 23.4 Å². The van der Waals surface area contributed by atoms with E-state index >= 15 is 0 Å². The van der Waals surface area contributed by atoms with Crippen molar-refractivity contribution < 1.29 is 18.0 Å². The number of hydrogen-bond donors (Lipinski definition) is 1. The van der Waals surface area contributed by atoms with E-state index in [0.717, 1.165) is 12.1 Å². The Kier molecular flexibility index (Phi) is 6.91. The SMILES string of the molecule is CCCn1c(=O)c2[nH]c(-c3cnn(CC4CC(=O)N(Cc5cccc(C(F)(F)F)c5)C4)c3)nc2n(CC)c1=O. The molecule has 1 atom stereocenters. The Morgan fingerprint density at radius 3 is 2.64 bits per heavy atom. The molecule has 4 heterocycles. The molecule has 3 aromatic heterocycles. The van der Waals surface area contributed by atoms with E-state index < -0.39 is 23.0 Å². The van der Waals surface area contributed by atoms with Gasteiger partial charge in [0.1, 0.15) is 11.3 Å². The third kappa shape index (κ3) is 5.12. The van der Waals surface area contributed by atoms with Gasteiger partial charge in [-0.25, -0.2) is 9.78 Å². The highest BCUT2D eigenvalue weighted by molar-refractivity contribution is 5.78. The molecule has 10 nitrogen and oxygen atoms in total. The maximum Gasteiger partial charge on any atom is 0.416 e. The summed E-state index contributed by atoms with van der Waals surface area (Å²) in [5.41, 5.74) is 0.0253. The average molecular weight is 544 g/mol. The molecule has 0 radical (unpaired) electrons. The smallest absolute Gasteiger partial charge is 0.338 e. The van der Waals surface area contributed by atoms with Gasteiger partial charge in [0.25, 0.3) is 5.56 Å². The van der Waals surface area contributed by atoms with Gasteiger partial charge in [-0.15, -0.1) is 0 Å². The van der Waals surface area contributed by atoms with Crippen LogP contribution in [0.5, 0.6) is 0 Å². The standard InChI is InChI=1S/C26H28F3N7O3/c1-3-8-36-24(38)21-23(35(4-2)25(36)39)32-22(31-21)18-11-30-34(15-18)14-17-10-20(37)33(13-17)12-16-6-5-7-19(9-16)26(27,28)29/h5-7,9,11,15,17H,3-4,8,10,12-14H2,1-2H3,(H,31,32). The number of aromatic amines is 1. The number of likely N-dealkylation sites (tertiary alicyclic amines) is 1. The number of aryl methyl sites for hydroxylation is 1. The fourth-order valence-electron chi connectivity index (χ4n) is 5.05. The minimum absolute atomic E-state index is 0.0711. The number of nitrogens with zero attached hydrogens (tertiary/aromatic N) is 6. The predicted octanol–water partition coefficient (Wildman–Crippen LogP) is 3.25. The van der Waals surface area contributed by atoms with Gasteiger partial charge in [-0.2, -0.15) is 18.3 Å². The number of benzene rings is 1. The first-order chi connectivity index (χ1) is 18.6. The zero-order valence-electron chi connectivity index (χ0n) is 21.5. The zero-order chi connectivity index (χ0) is 27.9. The van der Waals surface area contributed by atoms with E-state index in [-0.39, 0.29) is 36.0 Å². The van der Waals surface area contributed by atoms with Gasteiger partial charge in [-0.1, -0.05) is 19.1 Å². The molecule has 1 aliphatic rings. The molecular formula is C26H28F3N7O3. The van der Waals surface area contributed by atoms with E-state index in [1.165, 1.54) is 15.2 Å². The first kappa shape index (κ1) is 26.4. The van der Waals surface area contributed by atoms with Gasteiger partial charge in [-0.05, 0) is 31.0 Å². The average Bonchev–Trinajstić information content (AvgIpc) is 3.61. The molecule has 0 aliphatic carbocycles. The van der Waals surface area contributed by atoms with Crippen molar-refractivity contribution in [2.45, 2.75) is 59.0 Å². The Hall–Kier alpha value is -4.16. The van der Waals surface area contributed by atoms with E-state index in [1.807, 2.05) is 13.8 Å². The molecule has 13 heteroatoms. The van der Waals surface area contributed by atoms with E-state index in [4.69, 9.17) is 0 Å². The summed E-state index contributed by atoms with van der Waals surface area (Å²) in [5, 5.41) is 4.38. The lowest BCUT2D eigenvalue weighted by atomic mass is 10.1. The van der Waals surface area contributed by atoms with Crippen LogP contribution < -0.4 is 11.2 Å². The van der Waals surface area contributed by atoms with Crippen LogP contribution in [0.4, 0.5) is 13.2 Å². The van der Waals surface area contributed by atoms with Crippen molar-refractivity contribution in [3.63, 3.8) is 0 Å². The number of alkyl halides is 3. The molecule has 0 saturated carbocycles. The fourth-order valence-corrected chi connectivity index (χ4v) is 5.05. The minimum Gasteiger partial charge on any atom is -0.338 e. The van der Waals surface area contributed by atoms with Crippen molar-refractivity contribution in [1.82, 2.24) is 33.8 Å². The minimum atomic E-state index is -4.44. The maximum atomic E-state index is 13.0. The third-order valence-corrected chi connectivity index (χ3v) is 6.90. The van der Waals surface area contributed by atoms with E-state index in [2.05, 4.69) is 15.1 Å². The summed E-state index contributed by atoms with van der Waals surface area (Å²) in [6.07, 6.45) is -0.201. The number of halogens is 3. The molecule has 0 bridgehead atoms. The van der Waals surface area contributed by atoms with Crippen LogP contribution in [0.2, 0.25) is 0 Å². The predicted molar refractivity (Wildman–Crippen MR) is 137 cm³/mol. The molecule has 39 heavy (non-hydrogen) atoms. The van der Waals surface area contributed by atoms with Gasteiger partial charge in [0.2, 0.25) is 5.91 Å². The molecule has 5 rings (SSSR count). The quantitative estimate of drug-likeness (QED) is 0.367. The van der Waals surface area contributed by atoms with Crippen LogP contribution in [-0.2, 0) is 37.1 Å². The number of imidazole rings is 1. The lowest BCUT2D eigenvalue weighted by Gasteiger charge is -2.18. The monoisotopic (exact) mass is 543 g/mol.